The Labute approximate surface area is 147 Å². The van der Waals surface area contributed by atoms with Crippen molar-refractivity contribution in [2.24, 2.45) is 0 Å². The van der Waals surface area contributed by atoms with Crippen LogP contribution in [0.4, 0.5) is 11.4 Å². The Balaban J connectivity index is 1.81. The number of anilines is 2. The van der Waals surface area contributed by atoms with E-state index in [1.165, 1.54) is 0 Å². The van der Waals surface area contributed by atoms with Crippen molar-refractivity contribution < 1.29 is 14.3 Å². The van der Waals surface area contributed by atoms with Gasteiger partial charge in [0.2, 0.25) is 11.8 Å². The Morgan fingerprint density at radius 3 is 2.56 bits per heavy atom. The van der Waals surface area contributed by atoms with Gasteiger partial charge in [0, 0.05) is 17.8 Å². The van der Waals surface area contributed by atoms with Gasteiger partial charge in [-0.25, -0.2) is 0 Å². The van der Waals surface area contributed by atoms with E-state index in [1.807, 2.05) is 24.3 Å². The van der Waals surface area contributed by atoms with E-state index >= 15 is 0 Å². The van der Waals surface area contributed by atoms with Gasteiger partial charge in [-0.15, -0.1) is 0 Å². The molecule has 130 valence electrons. The van der Waals surface area contributed by atoms with Crippen LogP contribution in [0.25, 0.3) is 0 Å². The molecule has 0 radical (unpaired) electrons. The molecule has 3 rings (SSSR count). The molecule has 0 aromatic heterocycles. The lowest BCUT2D eigenvalue weighted by atomic mass is 10.1. The van der Waals surface area contributed by atoms with E-state index in [-0.39, 0.29) is 11.8 Å². The van der Waals surface area contributed by atoms with Crippen molar-refractivity contribution in [3.63, 3.8) is 0 Å². The predicted octanol–water partition coefficient (Wildman–Crippen LogP) is 3.39. The molecule has 0 fully saturated rings. The summed E-state index contributed by atoms with van der Waals surface area (Å²) in [4.78, 5) is 26.9. The fourth-order valence-corrected chi connectivity index (χ4v) is 3.11. The fraction of sp³-hybridized carbons (Fsp3) is 0.300. The summed E-state index contributed by atoms with van der Waals surface area (Å²) in [6.45, 7) is 1.76. The second kappa shape index (κ2) is 7.38. The van der Waals surface area contributed by atoms with E-state index in [4.69, 9.17) is 4.74 Å². The molecule has 1 atom stereocenters. The number of carbonyl (C=O) groups excluding carboxylic acids is 2. The molecule has 0 aliphatic carbocycles. The van der Waals surface area contributed by atoms with E-state index in [0.717, 1.165) is 29.8 Å². The quantitative estimate of drug-likeness (QED) is 0.929. The van der Waals surface area contributed by atoms with Crippen LogP contribution in [-0.2, 0) is 16.0 Å². The zero-order valence-electron chi connectivity index (χ0n) is 14.5. The highest BCUT2D eigenvalue weighted by Gasteiger charge is 2.30. The van der Waals surface area contributed by atoms with Gasteiger partial charge in [-0.05, 0) is 55.7 Å². The Morgan fingerprint density at radius 2 is 1.84 bits per heavy atom. The van der Waals surface area contributed by atoms with Gasteiger partial charge < -0.3 is 10.1 Å². The summed E-state index contributed by atoms with van der Waals surface area (Å²) in [5.74, 6) is 0.500. The lowest BCUT2D eigenvalue weighted by Gasteiger charge is -2.28. The van der Waals surface area contributed by atoms with Crippen LogP contribution in [0, 0.1) is 0 Å². The van der Waals surface area contributed by atoms with Gasteiger partial charge in [0.15, 0.2) is 0 Å². The Morgan fingerprint density at radius 1 is 1.12 bits per heavy atom. The highest BCUT2D eigenvalue weighted by atomic mass is 16.5. The number of ether oxygens (including phenoxy) is 1. The van der Waals surface area contributed by atoms with Gasteiger partial charge in [0.1, 0.15) is 11.8 Å². The highest BCUT2D eigenvalue weighted by Crippen LogP contribution is 2.29. The molecule has 1 aliphatic rings. The number of nitrogens with zero attached hydrogens (tertiary/aromatic N) is 1. The summed E-state index contributed by atoms with van der Waals surface area (Å²) in [6, 6.07) is 14.3. The number of aryl methyl sites for hydroxylation is 1. The smallest absolute Gasteiger partial charge is 0.247 e. The van der Waals surface area contributed by atoms with Crippen molar-refractivity contribution in [3.05, 3.63) is 54.1 Å². The van der Waals surface area contributed by atoms with E-state index in [9.17, 15) is 9.59 Å². The third-order valence-electron chi connectivity index (χ3n) is 4.48. The lowest BCUT2D eigenvalue weighted by molar-refractivity contribution is -0.123. The van der Waals surface area contributed by atoms with E-state index in [1.54, 1.807) is 43.2 Å². The normalized spacial score (nSPS) is 15.1. The second-order valence-electron chi connectivity index (χ2n) is 6.14. The first kappa shape index (κ1) is 17.0. The number of hydrogen-bond acceptors (Lipinski definition) is 3. The van der Waals surface area contributed by atoms with Crippen molar-refractivity contribution in [1.82, 2.24) is 0 Å². The van der Waals surface area contributed by atoms with E-state index in [2.05, 4.69) is 5.32 Å². The summed E-state index contributed by atoms with van der Waals surface area (Å²) in [5.41, 5.74) is 2.62. The monoisotopic (exact) mass is 338 g/mol. The van der Waals surface area contributed by atoms with E-state index in [0.29, 0.717) is 12.1 Å². The highest BCUT2D eigenvalue weighted by molar-refractivity contribution is 6.05. The number of fused-ring (bicyclic) bond motifs is 1. The third-order valence-corrected chi connectivity index (χ3v) is 4.48. The molecule has 1 unspecified atom stereocenters. The van der Waals surface area contributed by atoms with Crippen LogP contribution in [-0.4, -0.2) is 25.0 Å². The van der Waals surface area contributed by atoms with Crippen molar-refractivity contribution in [1.29, 1.82) is 0 Å². The molecular formula is C20H22N2O3. The standard InChI is InChI=1S/C20H22N2O3/c1-14(20(24)21-16-10-12-17(25-2)13-11-16)22-18-8-4-3-6-15(18)7-5-9-19(22)23/h3-4,6,8,10-14H,5,7,9H2,1-2H3,(H,21,24). The summed E-state index contributed by atoms with van der Waals surface area (Å²) in [5, 5.41) is 2.87. The molecular weight excluding hydrogens is 316 g/mol. The maximum absolute atomic E-state index is 12.7. The molecule has 1 heterocycles. The van der Waals surface area contributed by atoms with E-state index < -0.39 is 6.04 Å². The van der Waals surface area contributed by atoms with Crippen molar-refractivity contribution in [2.45, 2.75) is 32.2 Å². The number of carbonyl (C=O) groups is 2. The molecule has 2 aromatic carbocycles. The van der Waals surface area contributed by atoms with Gasteiger partial charge >= 0.3 is 0 Å². The first-order valence-corrected chi connectivity index (χ1v) is 8.45. The number of benzene rings is 2. The van der Waals surface area contributed by atoms with Crippen LogP contribution in [0.5, 0.6) is 5.75 Å². The second-order valence-corrected chi connectivity index (χ2v) is 6.14. The number of methoxy groups -OCH3 is 1. The fourth-order valence-electron chi connectivity index (χ4n) is 3.11. The summed E-state index contributed by atoms with van der Waals surface area (Å²) < 4.78 is 5.12. The molecule has 5 nitrogen and oxygen atoms in total. The van der Waals surface area contributed by atoms with Crippen LogP contribution < -0.4 is 15.0 Å². The van der Waals surface area contributed by atoms with Gasteiger partial charge in [0.25, 0.3) is 0 Å². The molecule has 1 N–H and O–H groups in total. The van der Waals surface area contributed by atoms with Crippen molar-refractivity contribution in [2.75, 3.05) is 17.3 Å². The number of hydrogen-bond donors (Lipinski definition) is 1. The molecule has 2 aromatic rings. The SMILES string of the molecule is COc1ccc(NC(=O)C(C)N2C(=O)CCCc3ccccc32)cc1. The zero-order chi connectivity index (χ0) is 17.8. The molecule has 25 heavy (non-hydrogen) atoms. The minimum Gasteiger partial charge on any atom is -0.497 e. The van der Waals surface area contributed by atoms with Crippen LogP contribution in [0.15, 0.2) is 48.5 Å². The molecule has 0 spiro atoms. The number of rotatable bonds is 4. The first-order valence-electron chi connectivity index (χ1n) is 8.45. The Bertz CT molecular complexity index is 771. The maximum atomic E-state index is 12.7. The zero-order valence-corrected chi connectivity index (χ0v) is 14.5. The Hall–Kier alpha value is -2.82. The predicted molar refractivity (Wildman–Crippen MR) is 98.0 cm³/mol. The van der Waals surface area contributed by atoms with Gasteiger partial charge in [-0.1, -0.05) is 18.2 Å². The topological polar surface area (TPSA) is 58.6 Å². The minimum atomic E-state index is -0.589. The molecule has 0 bridgehead atoms. The van der Waals surface area contributed by atoms with Gasteiger partial charge in [-0.2, -0.15) is 0 Å². The van der Waals surface area contributed by atoms with Gasteiger partial charge in [-0.3, -0.25) is 14.5 Å². The van der Waals surface area contributed by atoms with Gasteiger partial charge in [0.05, 0.1) is 7.11 Å². The number of para-hydroxylation sites is 1. The largest absolute Gasteiger partial charge is 0.497 e. The average molecular weight is 338 g/mol. The van der Waals surface area contributed by atoms with Crippen LogP contribution in [0.3, 0.4) is 0 Å². The maximum Gasteiger partial charge on any atom is 0.247 e. The van der Waals surface area contributed by atoms with Crippen LogP contribution in [0.1, 0.15) is 25.3 Å². The van der Waals surface area contributed by atoms with Crippen molar-refractivity contribution >= 4 is 23.2 Å². The Kier molecular flexibility index (Phi) is 5.03. The first-order chi connectivity index (χ1) is 12.1. The number of nitrogens with one attached hydrogen (secondary N) is 1. The summed E-state index contributed by atoms with van der Waals surface area (Å²) in [6.07, 6.45) is 2.11. The van der Waals surface area contributed by atoms with Crippen LogP contribution >= 0.6 is 0 Å². The molecule has 1 aliphatic heterocycles. The average Bonchev–Trinajstić information content (AvgIpc) is 2.80. The summed E-state index contributed by atoms with van der Waals surface area (Å²) in [7, 11) is 1.60. The molecule has 2 amide bonds. The molecule has 5 heteroatoms. The lowest BCUT2D eigenvalue weighted by Crippen LogP contribution is -2.45. The molecule has 0 saturated carbocycles. The minimum absolute atomic E-state index is 0.0117. The van der Waals surface area contributed by atoms with Crippen molar-refractivity contribution in [3.8, 4) is 5.75 Å². The summed E-state index contributed by atoms with van der Waals surface area (Å²) >= 11 is 0. The molecule has 0 saturated heterocycles. The van der Waals surface area contributed by atoms with Crippen LogP contribution in [0.2, 0.25) is 0 Å². The third kappa shape index (κ3) is 3.65. The number of amides is 2.